The first-order valence-corrected chi connectivity index (χ1v) is 14.0. The number of hydrogen-bond donors (Lipinski definition) is 1. The molecule has 0 aliphatic heterocycles. The third kappa shape index (κ3) is 23.6. The van der Waals surface area contributed by atoms with Gasteiger partial charge < -0.3 is 9.84 Å². The monoisotopic (exact) mass is 454 g/mol. The van der Waals surface area contributed by atoms with E-state index in [-0.39, 0.29) is 18.5 Å². The second kappa shape index (κ2) is 24.6. The van der Waals surface area contributed by atoms with Crippen LogP contribution in [0.3, 0.4) is 0 Å². The summed E-state index contributed by atoms with van der Waals surface area (Å²) in [6, 6.07) is 0. The Balaban J connectivity index is 4.02. The highest BCUT2D eigenvalue weighted by Crippen LogP contribution is 2.18. The smallest absolute Gasteiger partial charge is 0.306 e. The van der Waals surface area contributed by atoms with Crippen LogP contribution >= 0.6 is 0 Å². The molecule has 0 heterocycles. The van der Waals surface area contributed by atoms with Crippen LogP contribution in [0.2, 0.25) is 0 Å². The fourth-order valence-corrected chi connectivity index (χ4v) is 4.24. The number of carboxylic acid groups (broad SMARTS) is 1. The van der Waals surface area contributed by atoms with Crippen LogP contribution in [-0.2, 0) is 14.3 Å². The zero-order valence-electron chi connectivity index (χ0n) is 21.5. The van der Waals surface area contributed by atoms with E-state index in [4.69, 9.17) is 9.84 Å². The zero-order chi connectivity index (χ0) is 23.7. The van der Waals surface area contributed by atoms with E-state index in [1.807, 2.05) is 0 Å². The van der Waals surface area contributed by atoms with E-state index >= 15 is 0 Å². The van der Waals surface area contributed by atoms with Gasteiger partial charge in [-0.2, -0.15) is 0 Å². The third-order valence-corrected chi connectivity index (χ3v) is 6.33. The summed E-state index contributed by atoms with van der Waals surface area (Å²) in [5, 5.41) is 8.71. The molecule has 0 aromatic carbocycles. The molecular formula is C28H54O4. The van der Waals surface area contributed by atoms with E-state index in [2.05, 4.69) is 13.8 Å². The molecule has 1 unspecified atom stereocenters. The second-order valence-corrected chi connectivity index (χ2v) is 9.59. The Morgan fingerprint density at radius 2 is 0.938 bits per heavy atom. The number of rotatable bonds is 25. The van der Waals surface area contributed by atoms with Gasteiger partial charge in [0, 0.05) is 12.8 Å². The van der Waals surface area contributed by atoms with Crippen molar-refractivity contribution < 1.29 is 19.4 Å². The minimum atomic E-state index is -0.701. The van der Waals surface area contributed by atoms with Crippen molar-refractivity contribution in [2.45, 2.75) is 168 Å². The van der Waals surface area contributed by atoms with Gasteiger partial charge in [-0.15, -0.1) is 0 Å². The van der Waals surface area contributed by atoms with E-state index < -0.39 is 5.97 Å². The molecule has 0 spiro atoms. The van der Waals surface area contributed by atoms with Gasteiger partial charge in [-0.05, 0) is 38.5 Å². The summed E-state index contributed by atoms with van der Waals surface area (Å²) in [7, 11) is 0. The van der Waals surface area contributed by atoms with Crippen LogP contribution < -0.4 is 0 Å². The van der Waals surface area contributed by atoms with Crippen molar-refractivity contribution in [1.29, 1.82) is 0 Å². The van der Waals surface area contributed by atoms with Crippen LogP contribution in [0, 0.1) is 0 Å². The van der Waals surface area contributed by atoms with Crippen molar-refractivity contribution in [3.63, 3.8) is 0 Å². The van der Waals surface area contributed by atoms with Gasteiger partial charge in [0.2, 0.25) is 0 Å². The molecule has 0 amide bonds. The minimum Gasteiger partial charge on any atom is -0.481 e. The largest absolute Gasteiger partial charge is 0.481 e. The summed E-state index contributed by atoms with van der Waals surface area (Å²) in [4.78, 5) is 22.9. The molecule has 0 aliphatic carbocycles. The summed E-state index contributed by atoms with van der Waals surface area (Å²) < 4.78 is 5.88. The molecule has 32 heavy (non-hydrogen) atoms. The predicted octanol–water partition coefficient (Wildman–Crippen LogP) is 8.99. The van der Waals surface area contributed by atoms with Gasteiger partial charge in [0.05, 0.1) is 0 Å². The summed E-state index contributed by atoms with van der Waals surface area (Å²) in [5.41, 5.74) is 0. The number of ether oxygens (including phenoxy) is 1. The SMILES string of the molecule is CCCCCCCCCCC(=O)OC(CCCCCCCC)CCCCCCCC(=O)O. The highest BCUT2D eigenvalue weighted by Gasteiger charge is 2.14. The molecule has 0 saturated carbocycles. The van der Waals surface area contributed by atoms with Gasteiger partial charge >= 0.3 is 11.9 Å². The summed E-state index contributed by atoms with van der Waals surface area (Å²) in [5.74, 6) is -0.708. The maximum Gasteiger partial charge on any atom is 0.306 e. The van der Waals surface area contributed by atoms with Crippen LogP contribution in [0.1, 0.15) is 162 Å². The number of carbonyl (C=O) groups is 2. The van der Waals surface area contributed by atoms with Gasteiger partial charge in [0.1, 0.15) is 6.10 Å². The average molecular weight is 455 g/mol. The topological polar surface area (TPSA) is 63.6 Å². The minimum absolute atomic E-state index is 0.00609. The highest BCUT2D eigenvalue weighted by atomic mass is 16.5. The van der Waals surface area contributed by atoms with Crippen molar-refractivity contribution >= 4 is 11.9 Å². The Labute approximate surface area is 199 Å². The first-order chi connectivity index (χ1) is 15.6. The summed E-state index contributed by atoms with van der Waals surface area (Å²) in [6.45, 7) is 4.48. The number of esters is 1. The average Bonchev–Trinajstić information content (AvgIpc) is 2.76. The Kier molecular flexibility index (Phi) is 23.8. The third-order valence-electron chi connectivity index (χ3n) is 6.33. The molecule has 4 nitrogen and oxygen atoms in total. The number of aliphatic carboxylic acids is 1. The van der Waals surface area contributed by atoms with Crippen molar-refractivity contribution in [3.8, 4) is 0 Å². The van der Waals surface area contributed by atoms with Crippen LogP contribution in [0.15, 0.2) is 0 Å². The lowest BCUT2D eigenvalue weighted by molar-refractivity contribution is -0.150. The lowest BCUT2D eigenvalue weighted by Crippen LogP contribution is -2.18. The van der Waals surface area contributed by atoms with Crippen LogP contribution in [0.5, 0.6) is 0 Å². The Bertz CT molecular complexity index is 422. The van der Waals surface area contributed by atoms with Crippen LogP contribution in [0.4, 0.5) is 0 Å². The fraction of sp³-hybridized carbons (Fsp3) is 0.929. The molecule has 0 aromatic heterocycles. The number of hydrogen-bond acceptors (Lipinski definition) is 3. The molecule has 0 saturated heterocycles. The molecule has 1 N–H and O–H groups in total. The lowest BCUT2D eigenvalue weighted by atomic mass is 10.0. The molecule has 0 fully saturated rings. The molecule has 190 valence electrons. The molecule has 0 rings (SSSR count). The van der Waals surface area contributed by atoms with Gasteiger partial charge in [-0.25, -0.2) is 0 Å². The summed E-state index contributed by atoms with van der Waals surface area (Å²) in [6.07, 6.45) is 25.4. The van der Waals surface area contributed by atoms with E-state index in [0.29, 0.717) is 6.42 Å². The van der Waals surface area contributed by atoms with E-state index in [1.165, 1.54) is 70.6 Å². The van der Waals surface area contributed by atoms with Crippen LogP contribution in [0.25, 0.3) is 0 Å². The van der Waals surface area contributed by atoms with Gasteiger partial charge in [0.25, 0.3) is 0 Å². The fourth-order valence-electron chi connectivity index (χ4n) is 4.24. The Hall–Kier alpha value is -1.06. The standard InChI is InChI=1S/C28H54O4/c1-3-5-7-9-11-12-17-21-25-28(31)32-26(22-18-14-10-8-6-4-2)23-19-15-13-16-20-24-27(29)30/h26H,3-25H2,1-2H3,(H,29,30). The molecule has 4 heteroatoms. The van der Waals surface area contributed by atoms with Gasteiger partial charge in [0.15, 0.2) is 0 Å². The van der Waals surface area contributed by atoms with E-state index in [1.54, 1.807) is 0 Å². The van der Waals surface area contributed by atoms with E-state index in [0.717, 1.165) is 64.2 Å². The predicted molar refractivity (Wildman–Crippen MR) is 135 cm³/mol. The Morgan fingerprint density at radius 1 is 0.562 bits per heavy atom. The van der Waals surface area contributed by atoms with Crippen molar-refractivity contribution in [2.24, 2.45) is 0 Å². The molecular weight excluding hydrogens is 400 g/mol. The quantitative estimate of drug-likeness (QED) is 0.110. The van der Waals surface area contributed by atoms with Crippen molar-refractivity contribution in [2.75, 3.05) is 0 Å². The second-order valence-electron chi connectivity index (χ2n) is 9.59. The zero-order valence-corrected chi connectivity index (χ0v) is 21.5. The van der Waals surface area contributed by atoms with Crippen molar-refractivity contribution in [3.05, 3.63) is 0 Å². The number of carboxylic acids is 1. The lowest BCUT2D eigenvalue weighted by Gasteiger charge is -2.18. The molecule has 0 aromatic rings. The summed E-state index contributed by atoms with van der Waals surface area (Å²) >= 11 is 0. The molecule has 0 bridgehead atoms. The van der Waals surface area contributed by atoms with Gasteiger partial charge in [-0.3, -0.25) is 9.59 Å². The molecule has 0 aliphatic rings. The maximum atomic E-state index is 12.4. The van der Waals surface area contributed by atoms with Gasteiger partial charge in [-0.1, -0.05) is 110 Å². The first-order valence-electron chi connectivity index (χ1n) is 14.0. The molecule has 1 atom stereocenters. The maximum absolute atomic E-state index is 12.4. The molecule has 0 radical (unpaired) electrons. The first kappa shape index (κ1) is 30.9. The highest BCUT2D eigenvalue weighted by molar-refractivity contribution is 5.69. The van der Waals surface area contributed by atoms with Crippen molar-refractivity contribution in [1.82, 2.24) is 0 Å². The number of unbranched alkanes of at least 4 members (excludes halogenated alkanes) is 16. The normalized spacial score (nSPS) is 12.1. The number of carbonyl (C=O) groups excluding carboxylic acids is 1. The Morgan fingerprint density at radius 3 is 1.38 bits per heavy atom. The van der Waals surface area contributed by atoms with E-state index in [9.17, 15) is 9.59 Å². The van der Waals surface area contributed by atoms with Crippen LogP contribution in [-0.4, -0.2) is 23.1 Å².